The van der Waals surface area contributed by atoms with Crippen LogP contribution >= 0.6 is 11.3 Å². The van der Waals surface area contributed by atoms with E-state index in [1.165, 1.54) is 16.2 Å². The first kappa shape index (κ1) is 12.1. The topological polar surface area (TPSA) is 57.6 Å². The Kier molecular flexibility index (Phi) is 3.47. The van der Waals surface area contributed by atoms with Crippen molar-refractivity contribution in [3.8, 4) is 0 Å². The Morgan fingerprint density at radius 1 is 1.53 bits per heavy atom. The van der Waals surface area contributed by atoms with Crippen molar-refractivity contribution < 1.29 is 14.7 Å². The molecule has 0 radical (unpaired) electrons. The molecule has 1 aliphatic heterocycles. The maximum Gasteiger partial charge on any atom is 0.326 e. The highest BCUT2D eigenvalue weighted by atomic mass is 32.1. The van der Waals surface area contributed by atoms with E-state index in [1.807, 2.05) is 12.3 Å². The summed E-state index contributed by atoms with van der Waals surface area (Å²) in [5, 5.41) is 12.8. The van der Waals surface area contributed by atoms with Crippen molar-refractivity contribution in [2.24, 2.45) is 5.92 Å². The highest BCUT2D eigenvalue weighted by molar-refractivity contribution is 7.08. The smallest absolute Gasteiger partial charge is 0.326 e. The van der Waals surface area contributed by atoms with Gasteiger partial charge in [-0.05, 0) is 30.2 Å². The van der Waals surface area contributed by atoms with Crippen LogP contribution in [-0.2, 0) is 4.79 Å². The van der Waals surface area contributed by atoms with E-state index >= 15 is 0 Å². The Bertz CT molecular complexity index is 415. The molecule has 1 N–H and O–H groups in total. The van der Waals surface area contributed by atoms with Gasteiger partial charge in [0.25, 0.3) is 5.91 Å². The second-order valence-corrected chi connectivity index (χ2v) is 5.27. The van der Waals surface area contributed by atoms with Crippen LogP contribution in [0, 0.1) is 5.92 Å². The van der Waals surface area contributed by atoms with Crippen LogP contribution in [0.1, 0.15) is 30.1 Å². The van der Waals surface area contributed by atoms with Gasteiger partial charge in [0.1, 0.15) is 6.04 Å². The van der Waals surface area contributed by atoms with Crippen LogP contribution in [0.5, 0.6) is 0 Å². The van der Waals surface area contributed by atoms with Gasteiger partial charge in [-0.15, -0.1) is 0 Å². The fourth-order valence-corrected chi connectivity index (χ4v) is 2.80. The molecule has 0 aromatic carbocycles. The Morgan fingerprint density at radius 2 is 2.29 bits per heavy atom. The normalized spacial score (nSPS) is 24.6. The average Bonchev–Trinajstić information content (AvgIpc) is 2.81. The molecule has 1 aliphatic rings. The molecule has 2 atom stereocenters. The first-order valence-corrected chi connectivity index (χ1v) is 6.60. The summed E-state index contributed by atoms with van der Waals surface area (Å²) in [6.07, 6.45) is 1.42. The summed E-state index contributed by atoms with van der Waals surface area (Å²) in [5.74, 6) is -0.701. The van der Waals surface area contributed by atoms with E-state index in [0.29, 0.717) is 24.4 Å². The van der Waals surface area contributed by atoms with Gasteiger partial charge in [0.2, 0.25) is 0 Å². The molecule has 4 nitrogen and oxygen atoms in total. The molecule has 0 aliphatic carbocycles. The number of rotatable bonds is 2. The minimum atomic E-state index is -0.903. The van der Waals surface area contributed by atoms with E-state index in [4.69, 9.17) is 0 Å². The molecule has 2 rings (SSSR count). The van der Waals surface area contributed by atoms with E-state index in [-0.39, 0.29) is 5.91 Å². The Balaban J connectivity index is 2.18. The summed E-state index contributed by atoms with van der Waals surface area (Å²) < 4.78 is 0. The highest BCUT2D eigenvalue weighted by Gasteiger charge is 2.35. The van der Waals surface area contributed by atoms with E-state index in [1.54, 1.807) is 11.4 Å². The molecular formula is C12H15NO3S. The van der Waals surface area contributed by atoms with Crippen LogP contribution in [0.2, 0.25) is 0 Å². The van der Waals surface area contributed by atoms with E-state index in [0.717, 1.165) is 6.42 Å². The van der Waals surface area contributed by atoms with Gasteiger partial charge in [-0.1, -0.05) is 6.92 Å². The number of carbonyl (C=O) groups excluding carboxylic acids is 1. The van der Waals surface area contributed by atoms with Crippen LogP contribution in [0.25, 0.3) is 0 Å². The van der Waals surface area contributed by atoms with Crippen LogP contribution in [0.15, 0.2) is 16.8 Å². The van der Waals surface area contributed by atoms with Gasteiger partial charge in [0.05, 0.1) is 5.56 Å². The molecule has 2 unspecified atom stereocenters. The van der Waals surface area contributed by atoms with Crippen molar-refractivity contribution in [2.75, 3.05) is 6.54 Å². The van der Waals surface area contributed by atoms with Gasteiger partial charge >= 0.3 is 5.97 Å². The first-order valence-electron chi connectivity index (χ1n) is 5.65. The predicted octanol–water partition coefficient (Wildman–Crippen LogP) is 2.07. The minimum Gasteiger partial charge on any atom is -0.480 e. The minimum absolute atomic E-state index is 0.162. The molecule has 1 aromatic rings. The molecule has 17 heavy (non-hydrogen) atoms. The lowest BCUT2D eigenvalue weighted by Gasteiger charge is -2.35. The summed E-state index contributed by atoms with van der Waals surface area (Å²) in [6.45, 7) is 2.56. The monoisotopic (exact) mass is 253 g/mol. The number of likely N-dealkylation sites (tertiary alicyclic amines) is 1. The number of hydrogen-bond donors (Lipinski definition) is 1. The summed E-state index contributed by atoms with van der Waals surface area (Å²) in [6, 6.07) is 1.07. The molecular weight excluding hydrogens is 238 g/mol. The standard InChI is InChI=1S/C12H15NO3S/c1-8-2-4-13(10(6-8)12(15)16)11(14)9-3-5-17-7-9/h3,5,7-8,10H,2,4,6H2,1H3,(H,15,16). The van der Waals surface area contributed by atoms with Crippen molar-refractivity contribution in [1.29, 1.82) is 0 Å². The lowest BCUT2D eigenvalue weighted by atomic mass is 9.92. The number of hydrogen-bond acceptors (Lipinski definition) is 3. The van der Waals surface area contributed by atoms with Gasteiger partial charge in [-0.2, -0.15) is 11.3 Å². The third-order valence-corrected chi connectivity index (χ3v) is 3.86. The lowest BCUT2D eigenvalue weighted by molar-refractivity contribution is -0.144. The summed E-state index contributed by atoms with van der Waals surface area (Å²) in [5.41, 5.74) is 0.593. The number of piperidine rings is 1. The van der Waals surface area contributed by atoms with Gasteiger partial charge in [-0.25, -0.2) is 4.79 Å². The fourth-order valence-electron chi connectivity index (χ4n) is 2.17. The number of aliphatic carboxylic acids is 1. The predicted molar refractivity (Wildman–Crippen MR) is 65.2 cm³/mol. The third-order valence-electron chi connectivity index (χ3n) is 3.18. The molecule has 1 fully saturated rings. The largest absolute Gasteiger partial charge is 0.480 e. The van der Waals surface area contributed by atoms with Gasteiger partial charge in [-0.3, -0.25) is 4.79 Å². The second-order valence-electron chi connectivity index (χ2n) is 4.49. The number of nitrogens with zero attached hydrogens (tertiary/aromatic N) is 1. The Morgan fingerprint density at radius 3 is 2.88 bits per heavy atom. The molecule has 92 valence electrons. The molecule has 1 saturated heterocycles. The molecule has 5 heteroatoms. The number of amides is 1. The van der Waals surface area contributed by atoms with Crippen molar-refractivity contribution in [1.82, 2.24) is 4.90 Å². The zero-order chi connectivity index (χ0) is 12.4. The zero-order valence-electron chi connectivity index (χ0n) is 9.63. The van der Waals surface area contributed by atoms with Gasteiger partial charge in [0, 0.05) is 11.9 Å². The molecule has 2 heterocycles. The second kappa shape index (κ2) is 4.87. The average molecular weight is 253 g/mol. The molecule has 0 spiro atoms. The molecule has 0 saturated carbocycles. The van der Waals surface area contributed by atoms with E-state index in [9.17, 15) is 14.7 Å². The zero-order valence-corrected chi connectivity index (χ0v) is 10.4. The lowest BCUT2D eigenvalue weighted by Crippen LogP contribution is -2.49. The van der Waals surface area contributed by atoms with Crippen LogP contribution in [0.3, 0.4) is 0 Å². The molecule has 1 aromatic heterocycles. The Hall–Kier alpha value is -1.36. The molecule has 1 amide bonds. The molecule has 0 bridgehead atoms. The summed E-state index contributed by atoms with van der Waals surface area (Å²) >= 11 is 1.45. The van der Waals surface area contributed by atoms with Crippen molar-refractivity contribution in [3.63, 3.8) is 0 Å². The maximum atomic E-state index is 12.2. The van der Waals surface area contributed by atoms with Crippen LogP contribution in [-0.4, -0.2) is 34.5 Å². The van der Waals surface area contributed by atoms with E-state index in [2.05, 4.69) is 0 Å². The highest BCUT2D eigenvalue weighted by Crippen LogP contribution is 2.24. The SMILES string of the molecule is CC1CCN(C(=O)c2ccsc2)C(C(=O)O)C1. The number of carboxylic acid groups (broad SMARTS) is 1. The summed E-state index contributed by atoms with van der Waals surface area (Å²) in [7, 11) is 0. The fraction of sp³-hybridized carbons (Fsp3) is 0.500. The van der Waals surface area contributed by atoms with Crippen LogP contribution < -0.4 is 0 Å². The van der Waals surface area contributed by atoms with Gasteiger partial charge < -0.3 is 10.0 Å². The van der Waals surface area contributed by atoms with Crippen molar-refractivity contribution in [2.45, 2.75) is 25.8 Å². The van der Waals surface area contributed by atoms with Crippen molar-refractivity contribution in [3.05, 3.63) is 22.4 Å². The number of thiophene rings is 1. The summed E-state index contributed by atoms with van der Waals surface area (Å²) in [4.78, 5) is 24.8. The number of carboxylic acids is 1. The first-order chi connectivity index (χ1) is 8.09. The van der Waals surface area contributed by atoms with Gasteiger partial charge in [0.15, 0.2) is 0 Å². The van der Waals surface area contributed by atoms with Crippen molar-refractivity contribution >= 4 is 23.2 Å². The number of carbonyl (C=O) groups is 2. The van der Waals surface area contributed by atoms with Crippen LogP contribution in [0.4, 0.5) is 0 Å². The van der Waals surface area contributed by atoms with E-state index < -0.39 is 12.0 Å². The third kappa shape index (κ3) is 2.49. The quantitative estimate of drug-likeness (QED) is 0.877. The Labute approximate surface area is 104 Å². The maximum absolute atomic E-state index is 12.2.